The minimum absolute atomic E-state index is 0. The van der Waals surface area contributed by atoms with E-state index in [4.69, 9.17) is 9.47 Å². The Morgan fingerprint density at radius 3 is 2.84 bits per heavy atom. The maximum atomic E-state index is 11.1. The third-order valence-electron chi connectivity index (χ3n) is 2.57. The minimum atomic E-state index is -0.502. The van der Waals surface area contributed by atoms with Crippen LogP contribution in [0.5, 0.6) is 11.5 Å². The molecule has 1 aromatic rings. The molecule has 0 bridgehead atoms. The number of nitrogens with one attached hydrogen (secondary N) is 1. The van der Waals surface area contributed by atoms with Gasteiger partial charge >= 0.3 is 12.1 Å². The van der Waals surface area contributed by atoms with Crippen LogP contribution in [-0.2, 0) is 9.53 Å². The van der Waals surface area contributed by atoms with Crippen LogP contribution >= 0.6 is 12.4 Å². The smallest absolute Gasteiger partial charge is 0.407 e. The van der Waals surface area contributed by atoms with Crippen molar-refractivity contribution in [3.05, 3.63) is 23.8 Å². The van der Waals surface area contributed by atoms with Crippen molar-refractivity contribution in [3.8, 4) is 11.5 Å². The third-order valence-corrected chi connectivity index (χ3v) is 2.57. The molecule has 0 spiro atoms. The van der Waals surface area contributed by atoms with Crippen LogP contribution in [0, 0.1) is 0 Å². The fourth-order valence-electron chi connectivity index (χ4n) is 1.77. The van der Waals surface area contributed by atoms with E-state index in [2.05, 4.69) is 5.32 Å². The standard InChI is InChI=1S/C12H13NO5.ClH/c1-7(14)18-11-3-2-8(6-10(11)15)9-4-5-17-12(16)13-9;/h2-3,6,9,15H,4-5H2,1H3,(H,13,16);1H/t9-;/m0./s1. The first-order chi connectivity index (χ1) is 8.56. The number of hydrogen-bond acceptors (Lipinski definition) is 5. The van der Waals surface area contributed by atoms with E-state index < -0.39 is 12.1 Å². The zero-order chi connectivity index (χ0) is 13.1. The van der Waals surface area contributed by atoms with Gasteiger partial charge in [-0.2, -0.15) is 0 Å². The lowest BCUT2D eigenvalue weighted by molar-refractivity contribution is -0.132. The normalized spacial score (nSPS) is 17.7. The molecule has 1 fully saturated rings. The highest BCUT2D eigenvalue weighted by molar-refractivity contribution is 5.85. The summed E-state index contributed by atoms with van der Waals surface area (Å²) >= 11 is 0. The highest BCUT2D eigenvalue weighted by atomic mass is 35.5. The summed E-state index contributed by atoms with van der Waals surface area (Å²) in [4.78, 5) is 21.9. The Labute approximate surface area is 116 Å². The highest BCUT2D eigenvalue weighted by Crippen LogP contribution is 2.31. The number of phenols is 1. The number of benzene rings is 1. The minimum Gasteiger partial charge on any atom is -0.504 e. The molecule has 1 heterocycles. The summed E-state index contributed by atoms with van der Waals surface area (Å²) < 4.78 is 9.56. The lowest BCUT2D eigenvalue weighted by Gasteiger charge is -2.23. The molecule has 0 aliphatic carbocycles. The number of halogens is 1. The van der Waals surface area contributed by atoms with Gasteiger partial charge in [0.1, 0.15) is 0 Å². The van der Waals surface area contributed by atoms with E-state index in [1.54, 1.807) is 6.07 Å². The van der Waals surface area contributed by atoms with Gasteiger partial charge in [-0.1, -0.05) is 6.07 Å². The molecule has 1 saturated heterocycles. The number of amides is 1. The van der Waals surface area contributed by atoms with Crippen LogP contribution in [0.1, 0.15) is 24.9 Å². The fourth-order valence-corrected chi connectivity index (χ4v) is 1.77. The van der Waals surface area contributed by atoms with E-state index in [1.165, 1.54) is 19.1 Å². The van der Waals surface area contributed by atoms with E-state index >= 15 is 0 Å². The Bertz CT molecular complexity index is 491. The molecule has 1 aromatic carbocycles. The van der Waals surface area contributed by atoms with Crippen molar-refractivity contribution in [2.75, 3.05) is 6.61 Å². The maximum Gasteiger partial charge on any atom is 0.407 e. The maximum absolute atomic E-state index is 11.1. The lowest BCUT2D eigenvalue weighted by Crippen LogP contribution is -2.35. The van der Waals surface area contributed by atoms with Crippen LogP contribution in [0.25, 0.3) is 0 Å². The van der Waals surface area contributed by atoms with Crippen molar-refractivity contribution in [1.29, 1.82) is 0 Å². The molecule has 2 N–H and O–H groups in total. The van der Waals surface area contributed by atoms with Crippen molar-refractivity contribution in [1.82, 2.24) is 5.32 Å². The first kappa shape index (κ1) is 15.1. The molecular weight excluding hydrogens is 274 g/mol. The Morgan fingerprint density at radius 1 is 1.53 bits per heavy atom. The first-order valence-electron chi connectivity index (χ1n) is 5.51. The van der Waals surface area contributed by atoms with Gasteiger partial charge in [0.15, 0.2) is 11.5 Å². The molecule has 19 heavy (non-hydrogen) atoms. The van der Waals surface area contributed by atoms with E-state index in [-0.39, 0.29) is 29.9 Å². The number of rotatable bonds is 2. The van der Waals surface area contributed by atoms with Gasteiger partial charge < -0.3 is 19.9 Å². The van der Waals surface area contributed by atoms with Crippen LogP contribution < -0.4 is 10.1 Å². The second-order valence-electron chi connectivity index (χ2n) is 3.94. The molecule has 6 nitrogen and oxygen atoms in total. The van der Waals surface area contributed by atoms with Crippen LogP contribution in [0.15, 0.2) is 18.2 Å². The number of cyclic esters (lactones) is 1. The molecule has 1 aliphatic heterocycles. The predicted octanol–water partition coefficient (Wildman–Crippen LogP) is 1.91. The van der Waals surface area contributed by atoms with E-state index in [9.17, 15) is 14.7 Å². The van der Waals surface area contributed by atoms with Crippen molar-refractivity contribution in [3.63, 3.8) is 0 Å². The van der Waals surface area contributed by atoms with Crippen molar-refractivity contribution in [2.45, 2.75) is 19.4 Å². The summed E-state index contributed by atoms with van der Waals surface area (Å²) in [6.07, 6.45) is 0.146. The van der Waals surface area contributed by atoms with Crippen LogP contribution in [0.4, 0.5) is 4.79 Å². The van der Waals surface area contributed by atoms with Crippen molar-refractivity contribution >= 4 is 24.5 Å². The summed E-state index contributed by atoms with van der Waals surface area (Å²) in [5, 5.41) is 12.4. The molecule has 0 unspecified atom stereocenters. The number of aromatic hydroxyl groups is 1. The number of hydrogen-bond donors (Lipinski definition) is 2. The molecular formula is C12H14ClNO5. The van der Waals surface area contributed by atoms with Crippen molar-refractivity contribution < 1.29 is 24.2 Å². The molecule has 104 valence electrons. The van der Waals surface area contributed by atoms with E-state index in [1.807, 2.05) is 0 Å². The average Bonchev–Trinajstić information content (AvgIpc) is 2.31. The third kappa shape index (κ3) is 3.75. The predicted molar refractivity (Wildman–Crippen MR) is 68.5 cm³/mol. The topological polar surface area (TPSA) is 84.9 Å². The number of ether oxygens (including phenoxy) is 2. The molecule has 0 saturated carbocycles. The van der Waals surface area contributed by atoms with Gasteiger partial charge in [-0.25, -0.2) is 4.79 Å². The average molecular weight is 288 g/mol. The number of alkyl carbamates (subject to hydrolysis) is 1. The largest absolute Gasteiger partial charge is 0.504 e. The number of esters is 1. The highest BCUT2D eigenvalue weighted by Gasteiger charge is 2.21. The van der Waals surface area contributed by atoms with Gasteiger partial charge in [0, 0.05) is 13.3 Å². The van der Waals surface area contributed by atoms with Gasteiger partial charge in [0.05, 0.1) is 12.6 Å². The molecule has 2 rings (SSSR count). The van der Waals surface area contributed by atoms with Gasteiger partial charge in [0.2, 0.25) is 0 Å². The second-order valence-corrected chi connectivity index (χ2v) is 3.94. The fraction of sp³-hybridized carbons (Fsp3) is 0.333. The van der Waals surface area contributed by atoms with Crippen LogP contribution in [0.2, 0.25) is 0 Å². The summed E-state index contributed by atoms with van der Waals surface area (Å²) in [6.45, 7) is 1.59. The quantitative estimate of drug-likeness (QED) is 0.641. The zero-order valence-electron chi connectivity index (χ0n) is 10.2. The van der Waals surface area contributed by atoms with Crippen molar-refractivity contribution in [2.24, 2.45) is 0 Å². The van der Waals surface area contributed by atoms with Crippen LogP contribution in [-0.4, -0.2) is 23.8 Å². The summed E-state index contributed by atoms with van der Waals surface area (Å²) in [5.41, 5.74) is 0.736. The SMILES string of the molecule is CC(=O)Oc1ccc([C@@H]2CCOC(=O)N2)cc1O.Cl. The number of phenolic OH excluding ortho intramolecular Hbond substituents is 1. The molecule has 1 aliphatic rings. The number of carbonyl (C=O) groups excluding carboxylic acids is 2. The monoisotopic (exact) mass is 287 g/mol. The van der Waals surface area contributed by atoms with Gasteiger partial charge in [0.25, 0.3) is 0 Å². The summed E-state index contributed by atoms with van der Waals surface area (Å²) in [6, 6.07) is 4.44. The molecule has 7 heteroatoms. The van der Waals surface area contributed by atoms with Crippen LogP contribution in [0.3, 0.4) is 0 Å². The van der Waals surface area contributed by atoms with Gasteiger partial charge in [-0.15, -0.1) is 12.4 Å². The van der Waals surface area contributed by atoms with E-state index in [0.29, 0.717) is 13.0 Å². The first-order valence-corrected chi connectivity index (χ1v) is 5.51. The Balaban J connectivity index is 0.00000180. The second kappa shape index (κ2) is 6.29. The molecule has 0 radical (unpaired) electrons. The lowest BCUT2D eigenvalue weighted by atomic mass is 10.0. The van der Waals surface area contributed by atoms with Gasteiger partial charge in [-0.3, -0.25) is 4.79 Å². The van der Waals surface area contributed by atoms with Gasteiger partial charge in [-0.05, 0) is 17.7 Å². The molecule has 0 aromatic heterocycles. The zero-order valence-corrected chi connectivity index (χ0v) is 11.0. The number of carbonyl (C=O) groups is 2. The Hall–Kier alpha value is -1.95. The Morgan fingerprint density at radius 2 is 2.26 bits per heavy atom. The molecule has 1 atom stereocenters. The molecule has 1 amide bonds. The van der Waals surface area contributed by atoms with E-state index in [0.717, 1.165) is 5.56 Å². The summed E-state index contributed by atoms with van der Waals surface area (Å²) in [5.74, 6) is -0.537. The Kier molecular flexibility index (Phi) is 5.00. The summed E-state index contributed by atoms with van der Waals surface area (Å²) in [7, 11) is 0.